The Hall–Kier alpha value is -0.720. The van der Waals surface area contributed by atoms with Crippen molar-refractivity contribution >= 4 is 38.3 Å². The maximum absolute atomic E-state index is 11.6. The van der Waals surface area contributed by atoms with Gasteiger partial charge < -0.3 is 11.1 Å². The van der Waals surface area contributed by atoms with Gasteiger partial charge in [-0.1, -0.05) is 22.0 Å². The lowest BCUT2D eigenvalue weighted by molar-refractivity contribution is -0.113. The fraction of sp³-hybridized carbons (Fsp3) is 0.364. The summed E-state index contributed by atoms with van der Waals surface area (Å²) in [5.41, 5.74) is 6.19. The van der Waals surface area contributed by atoms with Crippen LogP contribution in [0.15, 0.2) is 28.7 Å². The van der Waals surface area contributed by atoms with Gasteiger partial charge in [-0.05, 0) is 25.1 Å². The van der Waals surface area contributed by atoms with E-state index in [0.717, 1.165) is 4.47 Å². The molecule has 2 unspecified atom stereocenters. The van der Waals surface area contributed by atoms with Crippen LogP contribution in [0.5, 0.6) is 0 Å². The van der Waals surface area contributed by atoms with Crippen LogP contribution >= 0.6 is 15.9 Å². The lowest BCUT2D eigenvalue weighted by atomic mass is 10.3. The molecular formula is C11H15BrN2O2S. The largest absolute Gasteiger partial charge is 0.327 e. The Labute approximate surface area is 112 Å². The molecule has 0 saturated heterocycles. The zero-order valence-electron chi connectivity index (χ0n) is 9.48. The Morgan fingerprint density at radius 1 is 1.59 bits per heavy atom. The number of hydrogen-bond acceptors (Lipinski definition) is 3. The number of benzene rings is 1. The molecule has 0 aliphatic heterocycles. The molecule has 17 heavy (non-hydrogen) atoms. The molecule has 1 amide bonds. The molecular weight excluding hydrogens is 304 g/mol. The van der Waals surface area contributed by atoms with Gasteiger partial charge in [-0.25, -0.2) is 0 Å². The van der Waals surface area contributed by atoms with E-state index in [1.54, 1.807) is 19.1 Å². The quantitative estimate of drug-likeness (QED) is 0.863. The minimum Gasteiger partial charge on any atom is -0.327 e. The first kappa shape index (κ1) is 14.3. The van der Waals surface area contributed by atoms with Gasteiger partial charge in [-0.2, -0.15) is 0 Å². The number of nitrogens with one attached hydrogen (secondary N) is 1. The maximum atomic E-state index is 11.6. The van der Waals surface area contributed by atoms with E-state index in [1.807, 2.05) is 12.1 Å². The minimum absolute atomic E-state index is 0.0198. The lowest BCUT2D eigenvalue weighted by Crippen LogP contribution is -2.28. The third kappa shape index (κ3) is 5.95. The summed E-state index contributed by atoms with van der Waals surface area (Å²) in [6.45, 7) is 1.77. The Kier molecular flexibility index (Phi) is 5.80. The number of rotatable bonds is 5. The van der Waals surface area contributed by atoms with Crippen molar-refractivity contribution in [2.45, 2.75) is 13.0 Å². The van der Waals surface area contributed by atoms with Crippen LogP contribution in [0.1, 0.15) is 6.92 Å². The number of nitrogens with two attached hydrogens (primary N) is 1. The van der Waals surface area contributed by atoms with Gasteiger partial charge in [0, 0.05) is 32.8 Å². The van der Waals surface area contributed by atoms with Crippen LogP contribution in [0, 0.1) is 0 Å². The molecule has 2 atom stereocenters. The summed E-state index contributed by atoms with van der Waals surface area (Å²) in [4.78, 5) is 11.6. The minimum atomic E-state index is -1.21. The van der Waals surface area contributed by atoms with Gasteiger partial charge >= 0.3 is 0 Å². The Morgan fingerprint density at radius 3 is 2.88 bits per heavy atom. The molecule has 0 spiro atoms. The van der Waals surface area contributed by atoms with E-state index in [-0.39, 0.29) is 17.7 Å². The third-order valence-corrected chi connectivity index (χ3v) is 3.82. The monoisotopic (exact) mass is 318 g/mol. The fourth-order valence-corrected chi connectivity index (χ4v) is 2.73. The zero-order valence-corrected chi connectivity index (χ0v) is 11.9. The van der Waals surface area contributed by atoms with E-state index >= 15 is 0 Å². The number of hydrogen-bond donors (Lipinski definition) is 2. The number of halogens is 1. The van der Waals surface area contributed by atoms with Gasteiger partial charge in [0.1, 0.15) is 5.75 Å². The molecule has 0 heterocycles. The van der Waals surface area contributed by atoms with E-state index in [1.165, 1.54) is 0 Å². The van der Waals surface area contributed by atoms with Crippen molar-refractivity contribution in [3.05, 3.63) is 28.7 Å². The highest BCUT2D eigenvalue weighted by Crippen LogP contribution is 2.15. The van der Waals surface area contributed by atoms with E-state index < -0.39 is 10.8 Å². The number of anilines is 1. The second-order valence-corrected chi connectivity index (χ2v) is 6.20. The molecule has 94 valence electrons. The van der Waals surface area contributed by atoms with Crippen LogP contribution in [0.4, 0.5) is 5.69 Å². The number of amides is 1. The second kappa shape index (κ2) is 6.88. The van der Waals surface area contributed by atoms with Crippen molar-refractivity contribution in [2.75, 3.05) is 16.8 Å². The molecule has 1 aromatic rings. The predicted octanol–water partition coefficient (Wildman–Crippen LogP) is 1.48. The summed E-state index contributed by atoms with van der Waals surface area (Å²) in [6, 6.07) is 7.08. The average Bonchev–Trinajstić information content (AvgIpc) is 2.14. The average molecular weight is 319 g/mol. The Bertz CT molecular complexity index is 424. The molecule has 0 aliphatic carbocycles. The first-order valence-corrected chi connectivity index (χ1v) is 7.41. The number of carbonyl (C=O) groups excluding carboxylic acids is 1. The molecule has 0 aromatic heterocycles. The molecule has 1 aromatic carbocycles. The van der Waals surface area contributed by atoms with Gasteiger partial charge in [0.05, 0.1) is 0 Å². The summed E-state index contributed by atoms with van der Waals surface area (Å²) >= 11 is 3.31. The van der Waals surface area contributed by atoms with Gasteiger partial charge in [0.2, 0.25) is 5.91 Å². The van der Waals surface area contributed by atoms with Crippen molar-refractivity contribution in [3.8, 4) is 0 Å². The SMILES string of the molecule is CC(N)CS(=O)CC(=O)Nc1cccc(Br)c1. The molecule has 6 heteroatoms. The molecule has 0 bridgehead atoms. The van der Waals surface area contributed by atoms with E-state index in [4.69, 9.17) is 5.73 Å². The highest BCUT2D eigenvalue weighted by molar-refractivity contribution is 9.10. The van der Waals surface area contributed by atoms with Crippen LogP contribution in [0.3, 0.4) is 0 Å². The van der Waals surface area contributed by atoms with Gasteiger partial charge in [0.25, 0.3) is 0 Å². The standard InChI is InChI=1S/C11H15BrN2O2S/c1-8(13)6-17(16)7-11(15)14-10-4-2-3-9(12)5-10/h2-5,8H,6-7,13H2,1H3,(H,14,15). The van der Waals surface area contributed by atoms with E-state index in [9.17, 15) is 9.00 Å². The molecule has 0 fully saturated rings. The molecule has 0 radical (unpaired) electrons. The summed E-state index contributed by atoms with van der Waals surface area (Å²) in [6.07, 6.45) is 0. The van der Waals surface area contributed by atoms with Gasteiger partial charge in [-0.3, -0.25) is 9.00 Å². The lowest BCUT2D eigenvalue weighted by Gasteiger charge is -2.07. The van der Waals surface area contributed by atoms with Crippen LogP contribution in [0.25, 0.3) is 0 Å². The smallest absolute Gasteiger partial charge is 0.236 e. The van der Waals surface area contributed by atoms with Crippen molar-refractivity contribution < 1.29 is 9.00 Å². The highest BCUT2D eigenvalue weighted by Gasteiger charge is 2.10. The van der Waals surface area contributed by atoms with Gasteiger partial charge in [0.15, 0.2) is 0 Å². The van der Waals surface area contributed by atoms with Gasteiger partial charge in [-0.15, -0.1) is 0 Å². The molecule has 0 aliphatic rings. The molecule has 1 rings (SSSR count). The first-order chi connectivity index (χ1) is 7.97. The Morgan fingerprint density at radius 2 is 2.29 bits per heavy atom. The van der Waals surface area contributed by atoms with Crippen molar-refractivity contribution in [1.82, 2.24) is 0 Å². The normalized spacial score (nSPS) is 14.1. The Balaban J connectivity index is 2.47. The van der Waals surface area contributed by atoms with Crippen LogP contribution in [-0.4, -0.2) is 27.7 Å². The summed E-state index contributed by atoms with van der Waals surface area (Å²) in [7, 11) is -1.21. The van der Waals surface area contributed by atoms with Crippen LogP contribution in [-0.2, 0) is 15.6 Å². The number of carbonyl (C=O) groups is 1. The fourth-order valence-electron chi connectivity index (χ4n) is 1.26. The topological polar surface area (TPSA) is 72.2 Å². The van der Waals surface area contributed by atoms with Crippen molar-refractivity contribution in [2.24, 2.45) is 5.73 Å². The summed E-state index contributed by atoms with van der Waals surface area (Å²) in [5.74, 6) is 0.0574. The van der Waals surface area contributed by atoms with E-state index in [2.05, 4.69) is 21.2 Å². The van der Waals surface area contributed by atoms with E-state index in [0.29, 0.717) is 11.4 Å². The van der Waals surface area contributed by atoms with Crippen LogP contribution in [0.2, 0.25) is 0 Å². The van der Waals surface area contributed by atoms with Crippen LogP contribution < -0.4 is 11.1 Å². The highest BCUT2D eigenvalue weighted by atomic mass is 79.9. The molecule has 4 nitrogen and oxygen atoms in total. The summed E-state index contributed by atoms with van der Waals surface area (Å²) in [5, 5.41) is 2.68. The maximum Gasteiger partial charge on any atom is 0.236 e. The zero-order chi connectivity index (χ0) is 12.8. The first-order valence-electron chi connectivity index (χ1n) is 5.13. The van der Waals surface area contributed by atoms with Crippen molar-refractivity contribution in [1.29, 1.82) is 0 Å². The third-order valence-electron chi connectivity index (χ3n) is 1.85. The predicted molar refractivity (Wildman–Crippen MR) is 74.3 cm³/mol. The second-order valence-electron chi connectivity index (χ2n) is 3.79. The molecule has 0 saturated carbocycles. The molecule has 3 N–H and O–H groups in total. The summed E-state index contributed by atoms with van der Waals surface area (Å²) < 4.78 is 12.4. The van der Waals surface area contributed by atoms with Crippen molar-refractivity contribution in [3.63, 3.8) is 0 Å².